The summed E-state index contributed by atoms with van der Waals surface area (Å²) in [5.74, 6) is 0.383. The Morgan fingerprint density at radius 1 is 0.833 bits per heavy atom. The van der Waals surface area contributed by atoms with Crippen LogP contribution in [-0.4, -0.2) is 15.1 Å². The quantitative estimate of drug-likeness (QED) is 0.479. The van der Waals surface area contributed by atoms with Crippen molar-refractivity contribution in [1.29, 1.82) is 5.41 Å². The molecule has 0 amide bonds. The van der Waals surface area contributed by atoms with Crippen LogP contribution < -0.4 is 10.4 Å². The van der Waals surface area contributed by atoms with Crippen molar-refractivity contribution in [3.63, 3.8) is 0 Å². The van der Waals surface area contributed by atoms with E-state index in [1.807, 2.05) is 85.9 Å². The van der Waals surface area contributed by atoms with E-state index in [1.165, 1.54) is 0 Å². The summed E-state index contributed by atoms with van der Waals surface area (Å²) >= 11 is 0. The maximum Gasteiger partial charge on any atom is 0.326 e. The van der Waals surface area contributed by atoms with Crippen LogP contribution in [0.15, 0.2) is 78.9 Å². The van der Waals surface area contributed by atoms with Gasteiger partial charge in [-0.3, -0.25) is 14.8 Å². The van der Waals surface area contributed by atoms with Gasteiger partial charge in [-0.2, -0.15) is 0 Å². The van der Waals surface area contributed by atoms with Crippen LogP contribution in [0.5, 0.6) is 5.75 Å². The third kappa shape index (κ3) is 4.27. The van der Waals surface area contributed by atoms with E-state index in [0.29, 0.717) is 6.61 Å². The fraction of sp³-hybridized carbons (Fsp3) is 0.167. The first-order valence-corrected chi connectivity index (χ1v) is 9.72. The van der Waals surface area contributed by atoms with Gasteiger partial charge in [0.25, 0.3) is 0 Å². The first-order chi connectivity index (χ1) is 14.6. The topological polar surface area (TPSA) is 69.2 Å². The van der Waals surface area contributed by atoms with Gasteiger partial charge in [0, 0.05) is 7.05 Å². The molecule has 0 spiro atoms. The number of carbonyl (C=O) groups excluding carboxylic acids is 1. The number of aromatic nitrogens is 2. The number of ether oxygens (including phenoxy) is 2. The Kier molecular flexibility index (Phi) is 5.66. The summed E-state index contributed by atoms with van der Waals surface area (Å²) in [4.78, 5) is 12.4. The zero-order valence-corrected chi connectivity index (χ0v) is 16.7. The highest BCUT2D eigenvalue weighted by Crippen LogP contribution is 2.15. The first kappa shape index (κ1) is 19.5. The van der Waals surface area contributed by atoms with Crippen molar-refractivity contribution in [2.24, 2.45) is 7.05 Å². The number of benzene rings is 3. The molecule has 0 atom stereocenters. The molecular weight excluding hydrogens is 378 g/mol. The molecule has 1 N–H and O–H groups in total. The van der Waals surface area contributed by atoms with Gasteiger partial charge in [-0.05, 0) is 35.4 Å². The summed E-state index contributed by atoms with van der Waals surface area (Å²) < 4.78 is 14.6. The van der Waals surface area contributed by atoms with Crippen LogP contribution in [0.25, 0.3) is 11.0 Å². The zero-order chi connectivity index (χ0) is 20.9. The number of para-hydroxylation sites is 2. The van der Waals surface area contributed by atoms with E-state index < -0.39 is 0 Å². The first-order valence-electron chi connectivity index (χ1n) is 9.72. The summed E-state index contributed by atoms with van der Waals surface area (Å²) in [6, 6.07) is 25.1. The molecule has 0 aliphatic carbocycles. The van der Waals surface area contributed by atoms with Crippen molar-refractivity contribution in [3.8, 4) is 5.75 Å². The highest BCUT2D eigenvalue weighted by Gasteiger charge is 2.12. The molecule has 152 valence electrons. The van der Waals surface area contributed by atoms with Gasteiger partial charge in [-0.1, -0.05) is 54.6 Å². The second kappa shape index (κ2) is 8.69. The zero-order valence-electron chi connectivity index (χ0n) is 16.7. The molecule has 0 fully saturated rings. The predicted octanol–water partition coefficient (Wildman–Crippen LogP) is 3.78. The number of nitrogens with zero attached hydrogens (tertiary/aromatic N) is 2. The molecule has 1 heterocycles. The molecule has 3 aromatic carbocycles. The van der Waals surface area contributed by atoms with Crippen LogP contribution in [-0.2, 0) is 36.3 Å². The number of carbonyl (C=O) groups is 1. The van der Waals surface area contributed by atoms with Gasteiger partial charge >= 0.3 is 5.97 Å². The normalized spacial score (nSPS) is 10.8. The average Bonchev–Trinajstić information content (AvgIpc) is 3.03. The lowest BCUT2D eigenvalue weighted by Crippen LogP contribution is -2.26. The molecule has 6 heteroatoms. The molecule has 1 aromatic heterocycles. The van der Waals surface area contributed by atoms with Gasteiger partial charge < -0.3 is 14.0 Å². The summed E-state index contributed by atoms with van der Waals surface area (Å²) in [6.45, 7) is 0.682. The molecule has 0 radical (unpaired) electrons. The Labute approximate surface area is 174 Å². The summed E-state index contributed by atoms with van der Waals surface area (Å²) in [5.41, 5.74) is 3.98. The number of aryl methyl sites for hydroxylation is 1. The Balaban J connectivity index is 1.33. The number of hydrogen-bond donors (Lipinski definition) is 1. The number of rotatable bonds is 7. The fourth-order valence-electron chi connectivity index (χ4n) is 3.31. The average molecular weight is 401 g/mol. The Bertz CT molecular complexity index is 1210. The number of esters is 1. The Hall–Kier alpha value is -3.80. The van der Waals surface area contributed by atoms with Gasteiger partial charge in [0.2, 0.25) is 5.62 Å². The lowest BCUT2D eigenvalue weighted by atomic mass is 10.2. The lowest BCUT2D eigenvalue weighted by Gasteiger charge is -2.09. The molecule has 4 aromatic rings. The van der Waals surface area contributed by atoms with Crippen molar-refractivity contribution in [2.75, 3.05) is 0 Å². The minimum atomic E-state index is -0.380. The summed E-state index contributed by atoms with van der Waals surface area (Å²) in [6.07, 6.45) is 0. The molecule has 0 saturated carbocycles. The number of hydrogen-bond acceptors (Lipinski definition) is 4. The highest BCUT2D eigenvalue weighted by molar-refractivity contribution is 5.78. The standard InChI is InChI=1S/C24H23N3O3/c1-26-21-9-5-6-10-22(21)27(24(26)25)15-23(28)30-17-19-11-13-20(14-12-19)29-16-18-7-3-2-4-8-18/h2-14,25H,15-17H2,1H3. The van der Waals surface area contributed by atoms with E-state index in [9.17, 15) is 4.79 Å². The Morgan fingerprint density at radius 3 is 2.20 bits per heavy atom. The van der Waals surface area contributed by atoms with Crippen molar-refractivity contribution < 1.29 is 14.3 Å². The van der Waals surface area contributed by atoms with Crippen molar-refractivity contribution in [3.05, 3.63) is 95.6 Å². The molecule has 0 saturated heterocycles. The number of fused-ring (bicyclic) bond motifs is 1. The van der Waals surface area contributed by atoms with Gasteiger partial charge in [0.05, 0.1) is 11.0 Å². The van der Waals surface area contributed by atoms with E-state index in [2.05, 4.69) is 0 Å². The third-order valence-electron chi connectivity index (χ3n) is 4.97. The van der Waals surface area contributed by atoms with E-state index in [-0.39, 0.29) is 24.7 Å². The van der Waals surface area contributed by atoms with Gasteiger partial charge in [0.1, 0.15) is 25.5 Å². The van der Waals surface area contributed by atoms with Crippen LogP contribution in [0.2, 0.25) is 0 Å². The lowest BCUT2D eigenvalue weighted by molar-refractivity contribution is -0.145. The van der Waals surface area contributed by atoms with E-state index in [1.54, 1.807) is 9.13 Å². The maximum absolute atomic E-state index is 12.4. The van der Waals surface area contributed by atoms with Crippen molar-refractivity contribution in [2.45, 2.75) is 19.8 Å². The number of nitrogens with one attached hydrogen (secondary N) is 1. The second-order valence-corrected chi connectivity index (χ2v) is 7.04. The SMILES string of the molecule is Cn1c(=N)n(CC(=O)OCc2ccc(OCc3ccccc3)cc2)c2ccccc21. The predicted molar refractivity (Wildman–Crippen MR) is 114 cm³/mol. The minimum absolute atomic E-state index is 0.00153. The Morgan fingerprint density at radius 2 is 1.47 bits per heavy atom. The molecule has 30 heavy (non-hydrogen) atoms. The minimum Gasteiger partial charge on any atom is -0.489 e. The van der Waals surface area contributed by atoms with Crippen molar-refractivity contribution in [1.82, 2.24) is 9.13 Å². The smallest absolute Gasteiger partial charge is 0.326 e. The van der Waals surface area contributed by atoms with E-state index >= 15 is 0 Å². The van der Waals surface area contributed by atoms with E-state index in [4.69, 9.17) is 14.9 Å². The van der Waals surface area contributed by atoms with Crippen molar-refractivity contribution >= 4 is 17.0 Å². The monoisotopic (exact) mass is 401 g/mol. The van der Waals surface area contributed by atoms with E-state index in [0.717, 1.165) is 27.9 Å². The third-order valence-corrected chi connectivity index (χ3v) is 4.97. The maximum atomic E-state index is 12.4. The van der Waals surface area contributed by atoms with Crippen LogP contribution in [0, 0.1) is 5.41 Å². The molecule has 0 bridgehead atoms. The van der Waals surface area contributed by atoms with Crippen LogP contribution in [0.4, 0.5) is 0 Å². The summed E-state index contributed by atoms with van der Waals surface area (Å²) in [5, 5.41) is 8.24. The molecular formula is C24H23N3O3. The van der Waals surface area contributed by atoms with Gasteiger partial charge in [0.15, 0.2) is 0 Å². The van der Waals surface area contributed by atoms with Crippen LogP contribution in [0.3, 0.4) is 0 Å². The van der Waals surface area contributed by atoms with Gasteiger partial charge in [-0.25, -0.2) is 0 Å². The molecule has 0 aliphatic heterocycles. The molecule has 0 unspecified atom stereocenters. The summed E-state index contributed by atoms with van der Waals surface area (Å²) in [7, 11) is 1.81. The van der Waals surface area contributed by atoms with Crippen LogP contribution in [0.1, 0.15) is 11.1 Å². The van der Waals surface area contributed by atoms with Gasteiger partial charge in [-0.15, -0.1) is 0 Å². The molecule has 0 aliphatic rings. The van der Waals surface area contributed by atoms with Crippen LogP contribution >= 0.6 is 0 Å². The largest absolute Gasteiger partial charge is 0.489 e. The fourth-order valence-corrected chi connectivity index (χ4v) is 3.31. The number of imidazole rings is 1. The molecule has 4 rings (SSSR count). The molecule has 6 nitrogen and oxygen atoms in total. The highest BCUT2D eigenvalue weighted by atomic mass is 16.5. The second-order valence-electron chi connectivity index (χ2n) is 7.04.